The number of aromatic nitrogens is 6. The Morgan fingerprint density at radius 1 is 0.598 bits per heavy atom. The first-order valence-corrected chi connectivity index (χ1v) is 31.8. The lowest BCUT2D eigenvalue weighted by molar-refractivity contribution is 0.226. The number of ether oxygens (including phenoxy) is 2. The number of benzene rings is 6. The number of hydrogen-bond donors (Lipinski definition) is 10. The maximum absolute atomic E-state index is 14.9. The molecule has 0 radical (unpaired) electrons. The first-order chi connectivity index (χ1) is 40.4. The standard InChI is InChI=1S/C44H33F2N13O22S6/c1-17(48-42-53-40(46)54-43(55-42)49-21-4-6-23-20(9-21)11-33(87(77,78)79)36(38(23)61)59-57-25-13-31(85(71,72)73)26(80-2)14-28(25)83(65,66)67)16-47-41-51-34(50-39(45)52-41)8-18-3-5-22-19(7-18)10-32(86(74,75)76)35(37(22)60)58-56-24-12-30-27(15-29(24)84(68,69)70)81-44(62)82(30,63)64/h3-7,9-15,17,60-61H,8,16H2,1-2H3,(H,65,66,67)(H,68,69,70)(H,71,72,73)(H,74,75,76)(H,77,78,79)(H,47,50,51,52)(H2,48,49,53,54,55). The molecule has 2 aromatic heterocycles. The van der Waals surface area contributed by atoms with Crippen LogP contribution in [-0.2, 0) is 66.8 Å². The van der Waals surface area contributed by atoms with Crippen LogP contribution in [0.15, 0.2) is 123 Å². The number of hydrogen-bond acceptors (Lipinski definition) is 30. The summed E-state index contributed by atoms with van der Waals surface area (Å²) in [7, 11) is -30.3. The average Bonchev–Trinajstić information content (AvgIpc) is 1.83. The van der Waals surface area contributed by atoms with Gasteiger partial charge in [0.1, 0.15) is 63.7 Å². The van der Waals surface area contributed by atoms with Gasteiger partial charge < -0.3 is 35.6 Å². The zero-order valence-electron chi connectivity index (χ0n) is 42.9. The zero-order valence-corrected chi connectivity index (χ0v) is 47.8. The van der Waals surface area contributed by atoms with E-state index in [1.807, 2.05) is 0 Å². The summed E-state index contributed by atoms with van der Waals surface area (Å²) >= 11 is 0. The second-order valence-corrected chi connectivity index (χ2v) is 26.6. The van der Waals surface area contributed by atoms with E-state index in [1.165, 1.54) is 31.2 Å². The van der Waals surface area contributed by atoms with Crippen LogP contribution in [0.5, 0.6) is 23.0 Å². The minimum atomic E-state index is -5.35. The number of fused-ring (bicyclic) bond motifs is 3. The largest absolute Gasteiger partial charge is 0.505 e. The quantitative estimate of drug-likeness (QED) is 0.0265. The molecular weight excluding hydrogens is 1290 g/mol. The Morgan fingerprint density at radius 2 is 1.11 bits per heavy atom. The van der Waals surface area contributed by atoms with Crippen molar-refractivity contribution in [3.05, 3.63) is 96.3 Å². The van der Waals surface area contributed by atoms with Gasteiger partial charge in [-0.2, -0.15) is 80.8 Å². The van der Waals surface area contributed by atoms with Crippen LogP contribution in [0, 0.1) is 12.2 Å². The normalized spacial score (nSPS) is 14.1. The Hall–Kier alpha value is -9.31. The predicted octanol–water partition coefficient (Wildman–Crippen LogP) is 5.66. The van der Waals surface area contributed by atoms with Crippen LogP contribution >= 0.6 is 0 Å². The molecule has 0 aliphatic carbocycles. The number of carbonyl (C=O) groups is 1. The Labute approximate surface area is 485 Å². The smallest absolute Gasteiger partial charge is 0.435 e. The number of sulfone groups is 1. The lowest BCUT2D eigenvalue weighted by atomic mass is 10.0. The van der Waals surface area contributed by atoms with Crippen LogP contribution in [-0.4, -0.2) is 138 Å². The number of halogens is 2. The van der Waals surface area contributed by atoms with Gasteiger partial charge in [-0.05, 0) is 65.7 Å². The highest BCUT2D eigenvalue weighted by molar-refractivity contribution is 8.06. The number of phenols is 2. The van der Waals surface area contributed by atoms with Crippen molar-refractivity contribution in [1.29, 1.82) is 0 Å². The Balaban J connectivity index is 0.904. The van der Waals surface area contributed by atoms with Gasteiger partial charge >= 0.3 is 17.5 Å². The first kappa shape index (κ1) is 62.2. The summed E-state index contributed by atoms with van der Waals surface area (Å²) in [5.41, 5.74) is -3.76. The highest BCUT2D eigenvalue weighted by Crippen LogP contribution is 2.46. The lowest BCUT2D eigenvalue weighted by Crippen LogP contribution is -2.27. The van der Waals surface area contributed by atoms with Gasteiger partial charge in [-0.25, -0.2) is 13.2 Å². The number of anilines is 4. The molecule has 35 nitrogen and oxygen atoms in total. The molecule has 9 rings (SSSR count). The van der Waals surface area contributed by atoms with Crippen LogP contribution in [0.25, 0.3) is 21.5 Å². The fraction of sp³-hybridized carbons (Fsp3) is 0.114. The summed E-state index contributed by atoms with van der Waals surface area (Å²) < 4.78 is 236. The lowest BCUT2D eigenvalue weighted by Gasteiger charge is -2.15. The molecule has 0 spiro atoms. The van der Waals surface area contributed by atoms with Gasteiger partial charge in [0, 0.05) is 47.6 Å². The van der Waals surface area contributed by atoms with Gasteiger partial charge in [0.05, 0.1) is 7.11 Å². The number of methoxy groups -OCH3 is 1. The highest BCUT2D eigenvalue weighted by Gasteiger charge is 2.40. The van der Waals surface area contributed by atoms with E-state index in [2.05, 4.69) is 71.0 Å². The molecule has 1 unspecified atom stereocenters. The Bertz CT molecular complexity index is 5090. The minimum Gasteiger partial charge on any atom is -0.505 e. The molecule has 8 aromatic rings. The van der Waals surface area contributed by atoms with Crippen molar-refractivity contribution in [1.82, 2.24) is 29.9 Å². The van der Waals surface area contributed by atoms with E-state index in [9.17, 15) is 97.1 Å². The summed E-state index contributed by atoms with van der Waals surface area (Å²) in [6.07, 6.45) is -2.90. The molecule has 10 N–H and O–H groups in total. The molecule has 6 aromatic carbocycles. The third-order valence-corrected chi connectivity index (χ3v) is 17.7. The van der Waals surface area contributed by atoms with E-state index >= 15 is 0 Å². The van der Waals surface area contributed by atoms with E-state index in [4.69, 9.17) is 4.74 Å². The molecule has 0 saturated heterocycles. The molecule has 43 heteroatoms. The number of aromatic hydroxyl groups is 2. The van der Waals surface area contributed by atoms with Crippen molar-refractivity contribution in [3.8, 4) is 23.0 Å². The molecule has 1 aliphatic rings. The van der Waals surface area contributed by atoms with Crippen LogP contribution in [0.4, 0.5) is 59.9 Å². The molecule has 3 heterocycles. The molecule has 87 heavy (non-hydrogen) atoms. The van der Waals surface area contributed by atoms with Crippen molar-refractivity contribution in [2.45, 2.75) is 48.8 Å². The average molecular weight is 1330 g/mol. The van der Waals surface area contributed by atoms with Crippen molar-refractivity contribution in [2.24, 2.45) is 20.5 Å². The number of carbonyl (C=O) groups excluding carboxylic acids is 1. The summed E-state index contributed by atoms with van der Waals surface area (Å²) in [6.45, 7) is 1.38. The first-order valence-electron chi connectivity index (χ1n) is 23.1. The fourth-order valence-electron chi connectivity index (χ4n) is 8.10. The SMILES string of the molecule is COc1cc(S(=O)(=O)O)c(N=Nc2c(S(=O)(=O)O)cc3cc(Nc4nc(F)nc(NC(C)CNc5nc(F)nc(Cc6ccc7c(O)c(N=Nc8cc9c(cc8S(=O)(=O)O)OC(=O)S9(=O)=O)c(S(=O)(=O)O)cc7c6)n5)n4)ccc3c2O)cc1S(=O)(=O)O. The molecular formula is C44H33F2N13O22S6. The molecule has 0 saturated carbocycles. The zero-order chi connectivity index (χ0) is 63.7. The summed E-state index contributed by atoms with van der Waals surface area (Å²) in [6, 6.07) is 9.99. The van der Waals surface area contributed by atoms with Crippen LogP contribution < -0.4 is 25.4 Å². The number of rotatable bonds is 19. The van der Waals surface area contributed by atoms with Crippen molar-refractivity contribution in [2.75, 3.05) is 29.6 Å². The summed E-state index contributed by atoms with van der Waals surface area (Å²) in [5.74, 6) is -4.92. The minimum absolute atomic E-state index is 0.00306. The van der Waals surface area contributed by atoms with E-state index in [-0.39, 0.29) is 63.5 Å². The fourth-order valence-corrected chi connectivity index (χ4v) is 12.3. The molecule has 0 bridgehead atoms. The number of nitrogens with one attached hydrogen (secondary N) is 3. The maximum Gasteiger partial charge on any atom is 0.435 e. The van der Waals surface area contributed by atoms with Crippen LogP contribution in [0.2, 0.25) is 0 Å². The van der Waals surface area contributed by atoms with Crippen molar-refractivity contribution in [3.63, 3.8) is 0 Å². The molecule has 0 fully saturated rings. The Morgan fingerprint density at radius 3 is 1.69 bits per heavy atom. The van der Waals surface area contributed by atoms with Crippen LogP contribution in [0.1, 0.15) is 18.3 Å². The van der Waals surface area contributed by atoms with Gasteiger partial charge in [0.15, 0.2) is 17.2 Å². The monoisotopic (exact) mass is 1330 g/mol. The van der Waals surface area contributed by atoms with Crippen molar-refractivity contribution >= 4 is 134 Å². The molecule has 1 atom stereocenters. The third-order valence-electron chi connectivity index (χ3n) is 11.9. The third kappa shape index (κ3) is 13.2. The number of phenolic OH excluding ortho intramolecular Hbond substituents is 2. The van der Waals surface area contributed by atoms with Gasteiger partial charge in [-0.1, -0.05) is 18.2 Å². The topological polar surface area (TPSA) is 545 Å². The van der Waals surface area contributed by atoms with E-state index < -0.39 is 165 Å². The Kier molecular flexibility index (Phi) is 16.1. The van der Waals surface area contributed by atoms with Crippen LogP contribution in [0.3, 0.4) is 0 Å². The highest BCUT2D eigenvalue weighted by atomic mass is 32.2. The number of nitrogens with zero attached hydrogens (tertiary/aromatic N) is 10. The van der Waals surface area contributed by atoms with Gasteiger partial charge in [-0.3, -0.25) is 22.8 Å². The summed E-state index contributed by atoms with van der Waals surface area (Å²) in [5, 5.41) is 42.3. The van der Waals surface area contributed by atoms with Crippen molar-refractivity contribution < 1.29 is 107 Å². The van der Waals surface area contributed by atoms with Gasteiger partial charge in [-0.15, -0.1) is 20.5 Å². The van der Waals surface area contributed by atoms with E-state index in [0.717, 1.165) is 31.4 Å². The second-order valence-electron chi connectivity index (χ2n) is 17.8. The van der Waals surface area contributed by atoms with Gasteiger partial charge in [0.25, 0.3) is 60.4 Å². The molecule has 1 aliphatic heterocycles. The molecule has 0 amide bonds. The number of azo groups is 2. The maximum atomic E-state index is 14.9. The van der Waals surface area contributed by atoms with Gasteiger partial charge in [0.2, 0.25) is 17.8 Å². The second kappa shape index (κ2) is 22.5. The van der Waals surface area contributed by atoms with E-state index in [0.29, 0.717) is 24.3 Å². The van der Waals surface area contributed by atoms with E-state index in [1.54, 1.807) is 0 Å². The summed E-state index contributed by atoms with van der Waals surface area (Å²) in [4.78, 5) is 28.1. The predicted molar refractivity (Wildman–Crippen MR) is 289 cm³/mol. The molecule has 456 valence electrons.